The molecule has 2 N–H and O–H groups in total. The van der Waals surface area contributed by atoms with E-state index in [9.17, 15) is 9.18 Å². The van der Waals surface area contributed by atoms with Gasteiger partial charge in [0.2, 0.25) is 0 Å². The van der Waals surface area contributed by atoms with Crippen molar-refractivity contribution in [3.05, 3.63) is 30.1 Å². The minimum absolute atomic E-state index is 0.150. The fourth-order valence-corrected chi connectivity index (χ4v) is 2.45. The molecule has 19 heavy (non-hydrogen) atoms. The number of esters is 1. The molecule has 1 saturated carbocycles. The van der Waals surface area contributed by atoms with Crippen molar-refractivity contribution in [1.82, 2.24) is 0 Å². The normalized spacial score (nSPS) is 26.8. The summed E-state index contributed by atoms with van der Waals surface area (Å²) in [4.78, 5) is 11.7. The zero-order valence-corrected chi connectivity index (χ0v) is 10.9. The number of nitrogens with two attached hydrogens (primary N) is 1. The van der Waals surface area contributed by atoms with Gasteiger partial charge in [-0.25, -0.2) is 4.39 Å². The Labute approximate surface area is 111 Å². The van der Waals surface area contributed by atoms with Gasteiger partial charge in [-0.15, -0.1) is 0 Å². The van der Waals surface area contributed by atoms with E-state index in [4.69, 9.17) is 15.2 Å². The highest BCUT2D eigenvalue weighted by Gasteiger charge is 2.41. The van der Waals surface area contributed by atoms with Crippen LogP contribution < -0.4 is 10.5 Å². The Morgan fingerprint density at radius 2 is 2.11 bits per heavy atom. The minimum atomic E-state index is -0.975. The molecule has 0 spiro atoms. The lowest BCUT2D eigenvalue weighted by Crippen LogP contribution is -2.53. The van der Waals surface area contributed by atoms with Gasteiger partial charge in [0.05, 0.1) is 7.11 Å². The van der Waals surface area contributed by atoms with Gasteiger partial charge in [0.15, 0.2) is 0 Å². The quantitative estimate of drug-likeness (QED) is 0.851. The van der Waals surface area contributed by atoms with Crippen LogP contribution in [-0.4, -0.2) is 24.7 Å². The van der Waals surface area contributed by atoms with Crippen molar-refractivity contribution < 1.29 is 18.7 Å². The van der Waals surface area contributed by atoms with Crippen LogP contribution in [0.1, 0.15) is 25.7 Å². The third-order valence-corrected chi connectivity index (χ3v) is 3.45. The lowest BCUT2D eigenvalue weighted by molar-refractivity contribution is -0.149. The number of carbonyl (C=O) groups excluding carboxylic acids is 1. The van der Waals surface area contributed by atoms with E-state index in [0.717, 1.165) is 12.8 Å². The van der Waals surface area contributed by atoms with Gasteiger partial charge in [-0.3, -0.25) is 4.79 Å². The summed E-state index contributed by atoms with van der Waals surface area (Å²) in [6, 6.07) is 5.82. The smallest absolute Gasteiger partial charge is 0.325 e. The molecule has 0 saturated heterocycles. The maximum atomic E-state index is 12.8. The Hall–Kier alpha value is -1.62. The third-order valence-electron chi connectivity index (χ3n) is 3.45. The highest BCUT2D eigenvalue weighted by atomic mass is 19.1. The van der Waals surface area contributed by atoms with E-state index in [1.54, 1.807) is 12.1 Å². The summed E-state index contributed by atoms with van der Waals surface area (Å²) in [5, 5.41) is 0. The van der Waals surface area contributed by atoms with Crippen molar-refractivity contribution in [3.63, 3.8) is 0 Å². The molecule has 1 aromatic carbocycles. The first-order chi connectivity index (χ1) is 9.03. The Morgan fingerprint density at radius 3 is 2.74 bits per heavy atom. The summed E-state index contributed by atoms with van der Waals surface area (Å²) >= 11 is 0. The first-order valence-corrected chi connectivity index (χ1v) is 6.33. The lowest BCUT2D eigenvalue weighted by atomic mass is 9.81. The molecule has 0 heterocycles. The molecule has 1 aromatic rings. The van der Waals surface area contributed by atoms with Crippen LogP contribution in [0, 0.1) is 5.82 Å². The second kappa shape index (κ2) is 5.57. The van der Waals surface area contributed by atoms with Gasteiger partial charge in [-0.05, 0) is 43.5 Å². The summed E-state index contributed by atoms with van der Waals surface area (Å²) in [6.45, 7) is 0. The molecule has 0 radical (unpaired) electrons. The summed E-state index contributed by atoms with van der Waals surface area (Å²) in [6.07, 6.45) is 2.49. The maximum Gasteiger partial charge on any atom is 0.325 e. The van der Waals surface area contributed by atoms with Gasteiger partial charge in [0.25, 0.3) is 0 Å². The molecule has 0 bridgehead atoms. The average molecular weight is 267 g/mol. The van der Waals surface area contributed by atoms with E-state index in [1.807, 2.05) is 0 Å². The highest BCUT2D eigenvalue weighted by molar-refractivity contribution is 5.80. The number of halogens is 1. The number of ether oxygens (including phenoxy) is 2. The highest BCUT2D eigenvalue weighted by Crippen LogP contribution is 2.30. The summed E-state index contributed by atoms with van der Waals surface area (Å²) < 4.78 is 23.3. The fraction of sp³-hybridized carbons (Fsp3) is 0.500. The monoisotopic (exact) mass is 267 g/mol. The molecule has 0 amide bonds. The van der Waals surface area contributed by atoms with Crippen LogP contribution in [0.4, 0.5) is 4.39 Å². The van der Waals surface area contributed by atoms with Crippen LogP contribution in [0.3, 0.4) is 0 Å². The van der Waals surface area contributed by atoms with E-state index in [-0.39, 0.29) is 11.9 Å². The molecule has 5 heteroatoms. The largest absolute Gasteiger partial charge is 0.490 e. The van der Waals surface area contributed by atoms with Gasteiger partial charge in [0.1, 0.15) is 23.2 Å². The van der Waals surface area contributed by atoms with Crippen molar-refractivity contribution >= 4 is 5.97 Å². The van der Waals surface area contributed by atoms with E-state index in [0.29, 0.717) is 18.6 Å². The topological polar surface area (TPSA) is 61.5 Å². The molecule has 104 valence electrons. The average Bonchev–Trinajstić information content (AvgIpc) is 2.40. The second-order valence-electron chi connectivity index (χ2n) is 4.94. The van der Waals surface area contributed by atoms with Gasteiger partial charge in [-0.1, -0.05) is 0 Å². The van der Waals surface area contributed by atoms with Gasteiger partial charge >= 0.3 is 5.97 Å². The third kappa shape index (κ3) is 3.23. The molecule has 1 fully saturated rings. The first-order valence-electron chi connectivity index (χ1n) is 6.33. The van der Waals surface area contributed by atoms with Crippen LogP contribution in [0.15, 0.2) is 24.3 Å². The number of hydrogen-bond acceptors (Lipinski definition) is 4. The van der Waals surface area contributed by atoms with Crippen molar-refractivity contribution in [2.45, 2.75) is 37.3 Å². The molecule has 4 nitrogen and oxygen atoms in total. The molecular weight excluding hydrogens is 249 g/mol. The van der Waals surface area contributed by atoms with Gasteiger partial charge < -0.3 is 15.2 Å². The molecular formula is C14H18FNO3. The Morgan fingerprint density at radius 1 is 1.42 bits per heavy atom. The first kappa shape index (κ1) is 13.8. The Bertz CT molecular complexity index is 449. The molecule has 0 aromatic heterocycles. The fourth-order valence-electron chi connectivity index (χ4n) is 2.45. The van der Waals surface area contributed by atoms with E-state index in [2.05, 4.69) is 0 Å². The Balaban J connectivity index is 2.01. The number of carbonyl (C=O) groups is 1. The van der Waals surface area contributed by atoms with E-state index in [1.165, 1.54) is 19.2 Å². The number of methoxy groups -OCH3 is 1. The predicted molar refractivity (Wildman–Crippen MR) is 68.2 cm³/mol. The summed E-state index contributed by atoms with van der Waals surface area (Å²) in [7, 11) is 1.33. The Kier molecular flexibility index (Phi) is 4.04. The molecule has 2 atom stereocenters. The molecule has 1 aliphatic carbocycles. The minimum Gasteiger partial charge on any atom is -0.490 e. The summed E-state index contributed by atoms with van der Waals surface area (Å²) in [5.41, 5.74) is 5.09. The van der Waals surface area contributed by atoms with Crippen molar-refractivity contribution in [1.29, 1.82) is 0 Å². The molecule has 0 aliphatic heterocycles. The second-order valence-corrected chi connectivity index (χ2v) is 4.94. The van der Waals surface area contributed by atoms with Gasteiger partial charge in [-0.2, -0.15) is 0 Å². The SMILES string of the molecule is COC(=O)C1(N)CCCC(Oc2ccc(F)cc2)C1. The van der Waals surface area contributed by atoms with E-state index >= 15 is 0 Å². The van der Waals surface area contributed by atoms with Crippen molar-refractivity contribution in [3.8, 4) is 5.75 Å². The van der Waals surface area contributed by atoms with Crippen LogP contribution >= 0.6 is 0 Å². The van der Waals surface area contributed by atoms with Crippen molar-refractivity contribution in [2.75, 3.05) is 7.11 Å². The van der Waals surface area contributed by atoms with Gasteiger partial charge in [0, 0.05) is 6.42 Å². The number of benzene rings is 1. The summed E-state index contributed by atoms with van der Waals surface area (Å²) in [5.74, 6) is -0.126. The lowest BCUT2D eigenvalue weighted by Gasteiger charge is -2.35. The number of hydrogen-bond donors (Lipinski definition) is 1. The maximum absolute atomic E-state index is 12.8. The van der Waals surface area contributed by atoms with Crippen LogP contribution in [0.25, 0.3) is 0 Å². The standard InChI is InChI=1S/C14H18FNO3/c1-18-13(17)14(16)8-2-3-12(9-14)19-11-6-4-10(15)5-7-11/h4-7,12H,2-3,8-9,16H2,1H3. The number of rotatable bonds is 3. The zero-order chi connectivity index (χ0) is 13.9. The van der Waals surface area contributed by atoms with Crippen LogP contribution in [-0.2, 0) is 9.53 Å². The molecule has 2 rings (SSSR count). The van der Waals surface area contributed by atoms with Crippen LogP contribution in [0.5, 0.6) is 5.75 Å². The van der Waals surface area contributed by atoms with E-state index < -0.39 is 11.5 Å². The predicted octanol–water partition coefficient (Wildman–Crippen LogP) is 2.02. The molecule has 2 unspecified atom stereocenters. The van der Waals surface area contributed by atoms with Crippen molar-refractivity contribution in [2.24, 2.45) is 5.73 Å². The van der Waals surface area contributed by atoms with Crippen LogP contribution in [0.2, 0.25) is 0 Å². The zero-order valence-electron chi connectivity index (χ0n) is 10.9. The molecule has 1 aliphatic rings.